The summed E-state index contributed by atoms with van der Waals surface area (Å²) in [5.74, 6) is 1.20. The molecule has 1 N–H and O–H groups in total. The highest BCUT2D eigenvalue weighted by molar-refractivity contribution is 7.80. The van der Waals surface area contributed by atoms with Gasteiger partial charge in [-0.1, -0.05) is 147 Å². The number of amides is 1. The lowest BCUT2D eigenvalue weighted by atomic mass is 10.1. The van der Waals surface area contributed by atoms with Crippen LogP contribution in [0.5, 0.6) is 0 Å². The Morgan fingerprint density at radius 2 is 0.979 bits per heavy atom. The quantitative estimate of drug-likeness (QED) is 0.0390. The standard InChI is InChI=1S/C43H83N3OS/c1-3-5-7-9-11-13-15-17-19-21-23-25-27-29-31-34-42(47)44-36-38-46-40-39-45(37-33-41-48)43(46)35-32-30-28-26-24-22-20-18-16-14-12-10-8-6-4-2/h17-20,43,48H,3-16,21-41H2,1-2H3,(H,44,47)/b19-17-,20-18-. The van der Waals surface area contributed by atoms with Gasteiger partial charge in [0.1, 0.15) is 0 Å². The SMILES string of the molecule is CCCCCCCC/C=C\CCCCCCCC(=O)NCCN1CCN(CCCS)C1CCCCCCC/C=C\CCCCCCCC. The van der Waals surface area contributed by atoms with E-state index in [-0.39, 0.29) is 5.91 Å². The third-order valence-electron chi connectivity index (χ3n) is 10.2. The van der Waals surface area contributed by atoms with Crippen molar-refractivity contribution >= 4 is 18.5 Å². The first-order chi connectivity index (χ1) is 23.7. The summed E-state index contributed by atoms with van der Waals surface area (Å²) in [6.07, 6.45) is 47.7. The molecule has 0 aromatic carbocycles. The van der Waals surface area contributed by atoms with Crippen molar-refractivity contribution in [1.29, 1.82) is 0 Å². The zero-order valence-electron chi connectivity index (χ0n) is 32.4. The smallest absolute Gasteiger partial charge is 0.220 e. The van der Waals surface area contributed by atoms with Gasteiger partial charge >= 0.3 is 0 Å². The summed E-state index contributed by atoms with van der Waals surface area (Å²) in [6, 6.07) is 0. The van der Waals surface area contributed by atoms with Crippen LogP contribution in [-0.2, 0) is 4.79 Å². The maximum atomic E-state index is 12.5. The van der Waals surface area contributed by atoms with Gasteiger partial charge < -0.3 is 5.32 Å². The molecule has 282 valence electrons. The number of thiol groups is 1. The molecule has 5 heteroatoms. The van der Waals surface area contributed by atoms with E-state index in [1.807, 2.05) is 0 Å². The largest absolute Gasteiger partial charge is 0.355 e. The first-order valence-electron chi connectivity index (χ1n) is 21.4. The van der Waals surface area contributed by atoms with Crippen LogP contribution in [0.25, 0.3) is 0 Å². The number of hydrogen-bond acceptors (Lipinski definition) is 4. The lowest BCUT2D eigenvalue weighted by Crippen LogP contribution is -2.42. The summed E-state index contributed by atoms with van der Waals surface area (Å²) < 4.78 is 0. The van der Waals surface area contributed by atoms with Gasteiger partial charge in [-0.05, 0) is 76.4 Å². The van der Waals surface area contributed by atoms with E-state index in [2.05, 4.69) is 65.9 Å². The van der Waals surface area contributed by atoms with Crippen molar-refractivity contribution in [2.24, 2.45) is 0 Å². The summed E-state index contributed by atoms with van der Waals surface area (Å²) in [5, 5.41) is 3.23. The second-order valence-corrected chi connectivity index (χ2v) is 15.1. The van der Waals surface area contributed by atoms with Gasteiger partial charge in [0.2, 0.25) is 5.91 Å². The molecule has 1 heterocycles. The predicted octanol–water partition coefficient (Wildman–Crippen LogP) is 12.4. The molecule has 1 unspecified atom stereocenters. The Morgan fingerprint density at radius 3 is 1.46 bits per heavy atom. The van der Waals surface area contributed by atoms with Gasteiger partial charge in [0.05, 0.1) is 6.17 Å². The molecule has 48 heavy (non-hydrogen) atoms. The highest BCUT2D eigenvalue weighted by atomic mass is 32.1. The minimum Gasteiger partial charge on any atom is -0.355 e. The minimum absolute atomic E-state index is 0.243. The molecule has 1 rings (SSSR count). The Kier molecular flexibility index (Phi) is 34.0. The van der Waals surface area contributed by atoms with Crippen LogP contribution in [0.1, 0.15) is 200 Å². The maximum Gasteiger partial charge on any atom is 0.220 e. The van der Waals surface area contributed by atoms with Gasteiger partial charge in [-0.25, -0.2) is 0 Å². The molecule has 0 radical (unpaired) electrons. The van der Waals surface area contributed by atoms with E-state index < -0.39 is 0 Å². The first kappa shape index (κ1) is 45.2. The van der Waals surface area contributed by atoms with Crippen LogP contribution >= 0.6 is 12.6 Å². The van der Waals surface area contributed by atoms with Crippen LogP contribution in [0, 0.1) is 0 Å². The number of carbonyl (C=O) groups is 1. The molecule has 1 aliphatic heterocycles. The molecule has 1 saturated heterocycles. The number of allylic oxidation sites excluding steroid dienone is 4. The van der Waals surface area contributed by atoms with Crippen molar-refractivity contribution in [2.45, 2.75) is 206 Å². The molecule has 0 aromatic heterocycles. The van der Waals surface area contributed by atoms with E-state index in [4.69, 9.17) is 0 Å². The van der Waals surface area contributed by atoms with Crippen molar-refractivity contribution in [3.05, 3.63) is 24.3 Å². The van der Waals surface area contributed by atoms with Crippen LogP contribution < -0.4 is 5.32 Å². The van der Waals surface area contributed by atoms with Crippen molar-refractivity contribution in [2.75, 3.05) is 38.5 Å². The van der Waals surface area contributed by atoms with Gasteiger partial charge in [-0.15, -0.1) is 0 Å². The molecular formula is C43H83N3OS. The topological polar surface area (TPSA) is 35.6 Å². The Balaban J connectivity index is 2.07. The minimum atomic E-state index is 0.243. The predicted molar refractivity (Wildman–Crippen MR) is 217 cm³/mol. The molecular weight excluding hydrogens is 607 g/mol. The Bertz CT molecular complexity index is 742. The molecule has 1 atom stereocenters. The molecule has 1 fully saturated rings. The average molecular weight is 690 g/mol. The Hall–Kier alpha value is -0.780. The summed E-state index contributed by atoms with van der Waals surface area (Å²) >= 11 is 4.47. The van der Waals surface area contributed by atoms with Crippen molar-refractivity contribution < 1.29 is 4.79 Å². The Labute approximate surface area is 306 Å². The fraction of sp³-hybridized carbons (Fsp3) is 0.884. The van der Waals surface area contributed by atoms with Gasteiger partial charge in [-0.3, -0.25) is 14.6 Å². The number of rotatable bonds is 36. The summed E-state index contributed by atoms with van der Waals surface area (Å²) in [5.41, 5.74) is 0. The van der Waals surface area contributed by atoms with E-state index in [0.717, 1.165) is 51.3 Å². The fourth-order valence-corrected chi connectivity index (χ4v) is 7.27. The fourth-order valence-electron chi connectivity index (χ4n) is 7.13. The van der Waals surface area contributed by atoms with Crippen LogP contribution in [0.2, 0.25) is 0 Å². The summed E-state index contributed by atoms with van der Waals surface area (Å²) in [4.78, 5) is 17.8. The zero-order chi connectivity index (χ0) is 34.6. The molecule has 0 aliphatic carbocycles. The normalized spacial score (nSPS) is 15.9. The van der Waals surface area contributed by atoms with Gasteiger partial charge in [0.25, 0.3) is 0 Å². The number of hydrogen-bond donors (Lipinski definition) is 2. The molecule has 4 nitrogen and oxygen atoms in total. The van der Waals surface area contributed by atoms with E-state index >= 15 is 0 Å². The Morgan fingerprint density at radius 1 is 0.562 bits per heavy atom. The van der Waals surface area contributed by atoms with Gasteiger partial charge in [0.15, 0.2) is 0 Å². The van der Waals surface area contributed by atoms with Gasteiger partial charge in [-0.2, -0.15) is 12.6 Å². The molecule has 0 saturated carbocycles. The lowest BCUT2D eigenvalue weighted by molar-refractivity contribution is -0.121. The zero-order valence-corrected chi connectivity index (χ0v) is 33.3. The van der Waals surface area contributed by atoms with Crippen molar-refractivity contribution in [3.63, 3.8) is 0 Å². The monoisotopic (exact) mass is 690 g/mol. The third-order valence-corrected chi connectivity index (χ3v) is 10.5. The van der Waals surface area contributed by atoms with E-state index in [1.165, 1.54) is 167 Å². The number of nitrogens with zero attached hydrogens (tertiary/aromatic N) is 2. The highest BCUT2D eigenvalue weighted by Gasteiger charge is 2.30. The molecule has 1 aliphatic rings. The molecule has 0 spiro atoms. The van der Waals surface area contributed by atoms with Crippen LogP contribution in [0.3, 0.4) is 0 Å². The number of unbranched alkanes of at least 4 members (excludes halogenated alkanes) is 22. The second kappa shape index (κ2) is 36.0. The summed E-state index contributed by atoms with van der Waals surface area (Å²) in [7, 11) is 0. The van der Waals surface area contributed by atoms with Gasteiger partial charge in [0, 0.05) is 39.1 Å². The maximum absolute atomic E-state index is 12.5. The molecule has 0 aromatic rings. The lowest BCUT2D eigenvalue weighted by Gasteiger charge is -2.30. The number of carbonyl (C=O) groups excluding carboxylic acids is 1. The van der Waals surface area contributed by atoms with E-state index in [0.29, 0.717) is 12.6 Å². The second-order valence-electron chi connectivity index (χ2n) is 14.7. The average Bonchev–Trinajstić information content (AvgIpc) is 3.48. The summed E-state index contributed by atoms with van der Waals surface area (Å²) in [6.45, 7) is 9.77. The number of nitrogens with one attached hydrogen (secondary N) is 1. The van der Waals surface area contributed by atoms with Crippen LogP contribution in [-0.4, -0.2) is 60.3 Å². The highest BCUT2D eigenvalue weighted by Crippen LogP contribution is 2.21. The molecule has 1 amide bonds. The molecule has 0 bridgehead atoms. The van der Waals surface area contributed by atoms with Crippen molar-refractivity contribution in [3.8, 4) is 0 Å². The van der Waals surface area contributed by atoms with Crippen molar-refractivity contribution in [1.82, 2.24) is 15.1 Å². The van der Waals surface area contributed by atoms with E-state index in [1.54, 1.807) is 0 Å². The van der Waals surface area contributed by atoms with Crippen LogP contribution in [0.15, 0.2) is 24.3 Å². The van der Waals surface area contributed by atoms with Crippen LogP contribution in [0.4, 0.5) is 0 Å². The first-order valence-corrected chi connectivity index (χ1v) is 22.0. The third kappa shape index (κ3) is 28.0. The van der Waals surface area contributed by atoms with E-state index in [9.17, 15) is 4.79 Å².